The molecule has 1 N–H and O–H groups in total. The lowest BCUT2D eigenvalue weighted by atomic mass is 10.1. The topological polar surface area (TPSA) is 55.1 Å². The molecule has 0 saturated carbocycles. The molecular weight excluding hydrogens is 276 g/mol. The Bertz CT molecular complexity index is 764. The Labute approximate surface area is 128 Å². The van der Waals surface area contributed by atoms with Gasteiger partial charge in [-0.05, 0) is 25.1 Å². The predicted octanol–water partition coefficient (Wildman–Crippen LogP) is 3.58. The number of pyridine rings is 1. The third kappa shape index (κ3) is 3.06. The van der Waals surface area contributed by atoms with Crippen molar-refractivity contribution in [1.82, 2.24) is 10.3 Å². The predicted molar refractivity (Wildman–Crippen MR) is 84.3 cm³/mol. The Hall–Kier alpha value is -2.88. The van der Waals surface area contributed by atoms with Gasteiger partial charge in [0.05, 0.1) is 17.8 Å². The van der Waals surface area contributed by atoms with Gasteiger partial charge in [-0.1, -0.05) is 36.4 Å². The maximum atomic E-state index is 12.3. The fourth-order valence-corrected chi connectivity index (χ4v) is 2.22. The minimum Gasteiger partial charge on any atom is -0.461 e. The van der Waals surface area contributed by atoms with Crippen LogP contribution < -0.4 is 5.32 Å². The van der Waals surface area contributed by atoms with Crippen molar-refractivity contribution < 1.29 is 9.21 Å². The Morgan fingerprint density at radius 3 is 2.64 bits per heavy atom. The number of carbonyl (C=O) groups is 1. The van der Waals surface area contributed by atoms with Crippen LogP contribution in [0.15, 0.2) is 65.2 Å². The Morgan fingerprint density at radius 2 is 1.91 bits per heavy atom. The van der Waals surface area contributed by atoms with Crippen LogP contribution in [-0.4, -0.2) is 10.9 Å². The van der Waals surface area contributed by atoms with Crippen molar-refractivity contribution in [3.05, 3.63) is 77.8 Å². The molecule has 0 unspecified atom stereocenters. The molecule has 3 aromatic rings. The van der Waals surface area contributed by atoms with Crippen molar-refractivity contribution in [3.63, 3.8) is 0 Å². The van der Waals surface area contributed by atoms with Gasteiger partial charge in [0, 0.05) is 11.8 Å². The number of rotatable bonds is 4. The molecule has 1 aromatic carbocycles. The Morgan fingerprint density at radius 1 is 1.14 bits per heavy atom. The number of nitrogens with one attached hydrogen (secondary N) is 1. The molecular formula is C18H16N2O2. The van der Waals surface area contributed by atoms with Gasteiger partial charge in [-0.2, -0.15) is 0 Å². The highest BCUT2D eigenvalue weighted by Gasteiger charge is 2.15. The van der Waals surface area contributed by atoms with Gasteiger partial charge in [0.25, 0.3) is 5.91 Å². The molecule has 2 heterocycles. The van der Waals surface area contributed by atoms with E-state index < -0.39 is 0 Å². The summed E-state index contributed by atoms with van der Waals surface area (Å²) < 4.78 is 5.70. The highest BCUT2D eigenvalue weighted by atomic mass is 16.3. The molecule has 0 atom stereocenters. The van der Waals surface area contributed by atoms with Crippen molar-refractivity contribution in [2.24, 2.45) is 0 Å². The summed E-state index contributed by atoms with van der Waals surface area (Å²) >= 11 is 0. The lowest BCUT2D eigenvalue weighted by Crippen LogP contribution is -2.23. The van der Waals surface area contributed by atoms with E-state index in [0.29, 0.717) is 23.6 Å². The summed E-state index contributed by atoms with van der Waals surface area (Å²) in [5.41, 5.74) is 2.32. The minimum atomic E-state index is -0.158. The fourth-order valence-electron chi connectivity index (χ4n) is 2.22. The minimum absolute atomic E-state index is 0.158. The molecule has 0 aliphatic carbocycles. The zero-order chi connectivity index (χ0) is 15.4. The van der Waals surface area contributed by atoms with Crippen molar-refractivity contribution in [2.75, 3.05) is 0 Å². The summed E-state index contributed by atoms with van der Waals surface area (Å²) in [6.07, 6.45) is 1.71. The summed E-state index contributed by atoms with van der Waals surface area (Å²) in [5, 5.41) is 2.86. The highest BCUT2D eigenvalue weighted by Crippen LogP contribution is 2.25. The van der Waals surface area contributed by atoms with Gasteiger partial charge in [0.2, 0.25) is 0 Å². The largest absolute Gasteiger partial charge is 0.461 e. The standard InChI is InChI=1S/C18H16N2O2/c1-13-16(11-17(22-13)14-7-3-2-4-8-14)18(21)20-12-15-9-5-6-10-19-15/h2-11H,12H2,1H3,(H,20,21). The van der Waals surface area contributed by atoms with Gasteiger partial charge >= 0.3 is 0 Å². The lowest BCUT2D eigenvalue weighted by molar-refractivity contribution is 0.0949. The zero-order valence-corrected chi connectivity index (χ0v) is 12.2. The number of carbonyl (C=O) groups excluding carboxylic acids is 1. The third-order valence-corrected chi connectivity index (χ3v) is 3.38. The van der Waals surface area contributed by atoms with Crippen LogP contribution in [0.4, 0.5) is 0 Å². The Balaban J connectivity index is 1.74. The molecule has 4 nitrogen and oxygen atoms in total. The van der Waals surface area contributed by atoms with Crippen LogP contribution in [0.3, 0.4) is 0 Å². The average molecular weight is 292 g/mol. The SMILES string of the molecule is Cc1oc(-c2ccccc2)cc1C(=O)NCc1ccccn1. The van der Waals surface area contributed by atoms with E-state index in [0.717, 1.165) is 11.3 Å². The molecule has 0 spiro atoms. The number of aromatic nitrogens is 1. The molecule has 3 rings (SSSR count). The van der Waals surface area contributed by atoms with Crippen molar-refractivity contribution in [1.29, 1.82) is 0 Å². The van der Waals surface area contributed by atoms with Crippen LogP contribution in [0.5, 0.6) is 0 Å². The second-order valence-electron chi connectivity index (χ2n) is 4.95. The van der Waals surface area contributed by atoms with Gasteiger partial charge in [0.1, 0.15) is 11.5 Å². The maximum Gasteiger partial charge on any atom is 0.255 e. The van der Waals surface area contributed by atoms with E-state index in [1.165, 1.54) is 0 Å². The summed E-state index contributed by atoms with van der Waals surface area (Å²) in [4.78, 5) is 16.5. The quantitative estimate of drug-likeness (QED) is 0.799. The van der Waals surface area contributed by atoms with E-state index in [1.807, 2.05) is 48.5 Å². The number of hydrogen-bond acceptors (Lipinski definition) is 3. The number of amides is 1. The number of nitrogens with zero attached hydrogens (tertiary/aromatic N) is 1. The van der Waals surface area contributed by atoms with Crippen LogP contribution in [0.1, 0.15) is 21.8 Å². The lowest BCUT2D eigenvalue weighted by Gasteiger charge is -2.03. The molecule has 22 heavy (non-hydrogen) atoms. The highest BCUT2D eigenvalue weighted by molar-refractivity contribution is 5.96. The van der Waals surface area contributed by atoms with E-state index in [-0.39, 0.29) is 5.91 Å². The molecule has 0 aliphatic rings. The second-order valence-corrected chi connectivity index (χ2v) is 4.95. The molecule has 0 fully saturated rings. The summed E-state index contributed by atoms with van der Waals surface area (Å²) in [7, 11) is 0. The van der Waals surface area contributed by atoms with Gasteiger partial charge in [-0.3, -0.25) is 9.78 Å². The van der Waals surface area contributed by atoms with Gasteiger partial charge in [-0.25, -0.2) is 0 Å². The van der Waals surface area contributed by atoms with E-state index in [2.05, 4.69) is 10.3 Å². The molecule has 0 aliphatic heterocycles. The van der Waals surface area contributed by atoms with Crippen molar-refractivity contribution >= 4 is 5.91 Å². The first-order valence-electron chi connectivity index (χ1n) is 7.08. The van der Waals surface area contributed by atoms with E-state index in [1.54, 1.807) is 19.2 Å². The van der Waals surface area contributed by atoms with Gasteiger partial charge in [-0.15, -0.1) is 0 Å². The summed E-state index contributed by atoms with van der Waals surface area (Å²) in [6, 6.07) is 17.1. The molecule has 1 amide bonds. The number of benzene rings is 1. The first-order valence-corrected chi connectivity index (χ1v) is 7.08. The van der Waals surface area contributed by atoms with Crippen molar-refractivity contribution in [2.45, 2.75) is 13.5 Å². The normalized spacial score (nSPS) is 10.4. The first-order chi connectivity index (χ1) is 10.7. The number of aryl methyl sites for hydroxylation is 1. The summed E-state index contributed by atoms with van der Waals surface area (Å²) in [5.74, 6) is 1.15. The monoisotopic (exact) mass is 292 g/mol. The fraction of sp³-hybridized carbons (Fsp3) is 0.111. The second kappa shape index (κ2) is 6.26. The van der Waals surface area contributed by atoms with E-state index >= 15 is 0 Å². The molecule has 0 saturated heterocycles. The molecule has 4 heteroatoms. The van der Waals surface area contributed by atoms with Crippen LogP contribution >= 0.6 is 0 Å². The zero-order valence-electron chi connectivity index (χ0n) is 12.2. The van der Waals surface area contributed by atoms with E-state index in [4.69, 9.17) is 4.42 Å². The van der Waals surface area contributed by atoms with Gasteiger partial charge in [0.15, 0.2) is 0 Å². The maximum absolute atomic E-state index is 12.3. The van der Waals surface area contributed by atoms with Crippen molar-refractivity contribution in [3.8, 4) is 11.3 Å². The van der Waals surface area contributed by atoms with Crippen LogP contribution in [0.2, 0.25) is 0 Å². The molecule has 110 valence electrons. The smallest absolute Gasteiger partial charge is 0.255 e. The molecule has 2 aromatic heterocycles. The van der Waals surface area contributed by atoms with Crippen LogP contribution in [0, 0.1) is 6.92 Å². The molecule has 0 radical (unpaired) electrons. The average Bonchev–Trinajstić information content (AvgIpc) is 2.96. The number of hydrogen-bond donors (Lipinski definition) is 1. The Kier molecular flexibility index (Phi) is 4.01. The van der Waals surface area contributed by atoms with Crippen LogP contribution in [0.25, 0.3) is 11.3 Å². The first kappa shape index (κ1) is 14.1. The van der Waals surface area contributed by atoms with Gasteiger partial charge < -0.3 is 9.73 Å². The van der Waals surface area contributed by atoms with Crippen LogP contribution in [-0.2, 0) is 6.54 Å². The number of furan rings is 1. The third-order valence-electron chi connectivity index (χ3n) is 3.38. The summed E-state index contributed by atoms with van der Waals surface area (Å²) in [6.45, 7) is 2.19. The molecule has 0 bridgehead atoms. The van der Waals surface area contributed by atoms with E-state index in [9.17, 15) is 4.79 Å².